The molecule has 5 rings (SSSR count). The number of ether oxygens (including phenoxy) is 2. The number of anilines is 1. The Morgan fingerprint density at radius 1 is 1.05 bits per heavy atom. The van der Waals surface area contributed by atoms with E-state index in [2.05, 4.69) is 27.7 Å². The molecular weight excluding hydrogens is 512 g/mol. The van der Waals surface area contributed by atoms with Crippen molar-refractivity contribution in [3.8, 4) is 5.69 Å². The molecular formula is C30H32N4O4S. The Bertz CT molecular complexity index is 1430. The molecule has 0 spiro atoms. The molecule has 2 aliphatic heterocycles. The van der Waals surface area contributed by atoms with E-state index in [0.717, 1.165) is 60.3 Å². The van der Waals surface area contributed by atoms with Crippen LogP contribution in [0.3, 0.4) is 0 Å². The monoisotopic (exact) mass is 544 g/mol. The number of amides is 1. The van der Waals surface area contributed by atoms with Crippen LogP contribution >= 0.6 is 11.8 Å². The number of rotatable bonds is 6. The molecule has 1 amide bonds. The van der Waals surface area contributed by atoms with E-state index in [1.54, 1.807) is 31.0 Å². The average molecular weight is 545 g/mol. The molecule has 0 saturated carbocycles. The second-order valence-corrected chi connectivity index (χ2v) is 10.4. The minimum absolute atomic E-state index is 0.0766. The zero-order valence-corrected chi connectivity index (χ0v) is 23.5. The number of morpholine rings is 1. The second kappa shape index (κ2) is 11.5. The van der Waals surface area contributed by atoms with Gasteiger partial charge in [0.25, 0.3) is 5.91 Å². The summed E-state index contributed by atoms with van der Waals surface area (Å²) in [6.07, 6.45) is 1.93. The molecule has 2 saturated heterocycles. The smallest absolute Gasteiger partial charge is 0.338 e. The highest BCUT2D eigenvalue weighted by atomic mass is 32.2. The van der Waals surface area contributed by atoms with Crippen LogP contribution in [0.4, 0.5) is 11.4 Å². The Kier molecular flexibility index (Phi) is 7.90. The molecule has 3 aromatic rings. The third-order valence-corrected chi connectivity index (χ3v) is 7.91. The van der Waals surface area contributed by atoms with Gasteiger partial charge >= 0.3 is 5.97 Å². The number of thioether (sulfide) groups is 1. The first-order valence-electron chi connectivity index (χ1n) is 13.0. The summed E-state index contributed by atoms with van der Waals surface area (Å²) in [6, 6.07) is 17.5. The third kappa shape index (κ3) is 5.65. The molecule has 0 N–H and O–H groups in total. The number of carbonyl (C=O) groups is 2. The van der Waals surface area contributed by atoms with Gasteiger partial charge in [-0.05, 0) is 98.8 Å². The zero-order chi connectivity index (χ0) is 27.5. The molecule has 2 fully saturated rings. The highest BCUT2D eigenvalue weighted by molar-refractivity contribution is 8.18. The van der Waals surface area contributed by atoms with Crippen LogP contribution in [0.25, 0.3) is 11.8 Å². The van der Waals surface area contributed by atoms with Crippen molar-refractivity contribution in [3.63, 3.8) is 0 Å². The van der Waals surface area contributed by atoms with E-state index in [1.165, 1.54) is 11.8 Å². The Morgan fingerprint density at radius 2 is 1.72 bits per heavy atom. The highest BCUT2D eigenvalue weighted by Crippen LogP contribution is 2.35. The maximum absolute atomic E-state index is 13.1. The highest BCUT2D eigenvalue weighted by Gasteiger charge is 2.31. The summed E-state index contributed by atoms with van der Waals surface area (Å²) in [6.45, 7) is 9.44. The van der Waals surface area contributed by atoms with Crippen molar-refractivity contribution in [3.05, 3.63) is 82.0 Å². The van der Waals surface area contributed by atoms with Crippen LogP contribution in [-0.4, -0.2) is 66.5 Å². The molecule has 0 bridgehead atoms. The fraction of sp³-hybridized carbons (Fsp3) is 0.300. The summed E-state index contributed by atoms with van der Waals surface area (Å²) in [7, 11) is 1.76. The number of benzene rings is 2. The van der Waals surface area contributed by atoms with E-state index in [-0.39, 0.29) is 11.9 Å². The molecule has 2 aliphatic rings. The molecule has 0 radical (unpaired) electrons. The van der Waals surface area contributed by atoms with Crippen LogP contribution in [0, 0.1) is 13.8 Å². The molecule has 202 valence electrons. The summed E-state index contributed by atoms with van der Waals surface area (Å²) in [5.74, 6) is -0.408. The lowest BCUT2D eigenvalue weighted by atomic mass is 10.2. The summed E-state index contributed by atoms with van der Waals surface area (Å²) in [5.41, 5.74) is 6.40. The Labute approximate surface area is 232 Å². The van der Waals surface area contributed by atoms with Gasteiger partial charge in [-0.3, -0.25) is 9.69 Å². The van der Waals surface area contributed by atoms with Crippen LogP contribution in [0.1, 0.15) is 34.2 Å². The van der Waals surface area contributed by atoms with Gasteiger partial charge in [0.05, 0.1) is 36.0 Å². The van der Waals surface area contributed by atoms with Crippen molar-refractivity contribution < 1.29 is 19.1 Å². The van der Waals surface area contributed by atoms with Crippen molar-refractivity contribution in [2.45, 2.75) is 20.8 Å². The molecule has 0 aliphatic carbocycles. The summed E-state index contributed by atoms with van der Waals surface area (Å²) in [4.78, 5) is 34.4. The number of aliphatic imine (C=N–C) groups is 1. The fourth-order valence-corrected chi connectivity index (χ4v) is 5.73. The van der Waals surface area contributed by atoms with E-state index >= 15 is 0 Å². The molecule has 3 heterocycles. The number of hydrogen-bond acceptors (Lipinski definition) is 7. The number of likely N-dealkylation sites (N-methyl/N-ethyl adjacent to an activating group) is 1. The van der Waals surface area contributed by atoms with Crippen LogP contribution in [0.2, 0.25) is 0 Å². The van der Waals surface area contributed by atoms with Crippen molar-refractivity contribution in [2.75, 3.05) is 44.9 Å². The van der Waals surface area contributed by atoms with E-state index < -0.39 is 0 Å². The lowest BCUT2D eigenvalue weighted by Crippen LogP contribution is -2.36. The Balaban J connectivity index is 1.35. The summed E-state index contributed by atoms with van der Waals surface area (Å²) >= 11 is 1.38. The number of hydrogen-bond donors (Lipinski definition) is 0. The zero-order valence-electron chi connectivity index (χ0n) is 22.6. The van der Waals surface area contributed by atoms with E-state index in [1.807, 2.05) is 44.2 Å². The lowest BCUT2D eigenvalue weighted by molar-refractivity contribution is -0.121. The first kappa shape index (κ1) is 26.8. The van der Waals surface area contributed by atoms with Gasteiger partial charge in [0, 0.05) is 42.9 Å². The van der Waals surface area contributed by atoms with E-state index in [0.29, 0.717) is 22.2 Å². The van der Waals surface area contributed by atoms with Crippen molar-refractivity contribution >= 4 is 46.3 Å². The molecule has 2 aromatic carbocycles. The molecule has 0 unspecified atom stereocenters. The lowest BCUT2D eigenvalue weighted by Gasteiger charge is -2.28. The fourth-order valence-electron chi connectivity index (χ4n) is 4.75. The van der Waals surface area contributed by atoms with Gasteiger partial charge in [-0.2, -0.15) is 0 Å². The molecule has 0 atom stereocenters. The van der Waals surface area contributed by atoms with Crippen LogP contribution in [0.5, 0.6) is 0 Å². The van der Waals surface area contributed by atoms with E-state index in [4.69, 9.17) is 14.5 Å². The van der Waals surface area contributed by atoms with Gasteiger partial charge in [-0.1, -0.05) is 0 Å². The van der Waals surface area contributed by atoms with Crippen molar-refractivity contribution in [1.29, 1.82) is 0 Å². The van der Waals surface area contributed by atoms with Gasteiger partial charge < -0.3 is 18.9 Å². The van der Waals surface area contributed by atoms with Crippen LogP contribution in [-0.2, 0) is 14.3 Å². The summed E-state index contributed by atoms with van der Waals surface area (Å²) in [5, 5.41) is 0.647. The maximum atomic E-state index is 13.1. The molecule has 8 nitrogen and oxygen atoms in total. The van der Waals surface area contributed by atoms with Crippen molar-refractivity contribution in [1.82, 2.24) is 9.47 Å². The SMILES string of the molecule is CCOC(=O)c1ccc(-n2c(C)cc(/C=C3\SC(=Nc4ccc(N5CCOCC5)cc4)N(C)C3=O)c2C)cc1. The number of nitrogens with zero attached hydrogens (tertiary/aromatic N) is 4. The Morgan fingerprint density at radius 3 is 2.38 bits per heavy atom. The number of amidine groups is 1. The first-order chi connectivity index (χ1) is 18.9. The normalized spacial score (nSPS) is 17.9. The topological polar surface area (TPSA) is 76.4 Å². The van der Waals surface area contributed by atoms with Crippen LogP contribution in [0.15, 0.2) is 64.5 Å². The van der Waals surface area contributed by atoms with Gasteiger partial charge in [-0.15, -0.1) is 0 Å². The number of carbonyl (C=O) groups excluding carboxylic acids is 2. The minimum Gasteiger partial charge on any atom is -0.462 e. The summed E-state index contributed by atoms with van der Waals surface area (Å²) < 4.78 is 12.6. The van der Waals surface area contributed by atoms with Gasteiger partial charge in [0.2, 0.25) is 0 Å². The molecule has 39 heavy (non-hydrogen) atoms. The predicted molar refractivity (Wildman–Crippen MR) is 156 cm³/mol. The maximum Gasteiger partial charge on any atom is 0.338 e. The quantitative estimate of drug-likeness (QED) is 0.308. The third-order valence-electron chi connectivity index (χ3n) is 6.85. The van der Waals surface area contributed by atoms with Gasteiger partial charge in [0.1, 0.15) is 0 Å². The largest absolute Gasteiger partial charge is 0.462 e. The number of aryl methyl sites for hydroxylation is 1. The van der Waals surface area contributed by atoms with Gasteiger partial charge in [0.15, 0.2) is 5.17 Å². The number of aromatic nitrogens is 1. The Hall–Kier alpha value is -3.82. The average Bonchev–Trinajstić information content (AvgIpc) is 3.38. The van der Waals surface area contributed by atoms with Crippen LogP contribution < -0.4 is 4.90 Å². The predicted octanol–water partition coefficient (Wildman–Crippen LogP) is 5.34. The first-order valence-corrected chi connectivity index (χ1v) is 13.8. The standard InChI is InChI=1S/C30H32N4O4S/c1-5-38-29(36)22-6-10-26(11-7-22)34-20(2)18-23(21(34)3)19-27-28(35)32(4)30(39-27)31-24-8-12-25(13-9-24)33-14-16-37-17-15-33/h6-13,18-19H,5,14-17H2,1-4H3/b27-19-,31-30?. The van der Waals surface area contributed by atoms with Gasteiger partial charge in [-0.25, -0.2) is 9.79 Å². The minimum atomic E-state index is -0.332. The number of esters is 1. The second-order valence-electron chi connectivity index (χ2n) is 9.41. The van der Waals surface area contributed by atoms with E-state index in [9.17, 15) is 9.59 Å². The van der Waals surface area contributed by atoms with Crippen molar-refractivity contribution in [2.24, 2.45) is 4.99 Å². The molecule has 1 aromatic heterocycles. The molecule has 9 heteroatoms.